The smallest absolute Gasteiger partial charge is 0.326 e. The van der Waals surface area contributed by atoms with E-state index in [9.17, 15) is 19.5 Å². The molecule has 0 aliphatic heterocycles. The number of nitrogens with one attached hydrogen (secondary N) is 1. The van der Waals surface area contributed by atoms with Crippen LogP contribution in [0.1, 0.15) is 136 Å². The average Bonchev–Trinajstić information content (AvgIpc) is 3.10. The summed E-state index contributed by atoms with van der Waals surface area (Å²) in [6.07, 6.45) is 49.1. The molecule has 1 amide bonds. The second-order valence-electron chi connectivity index (χ2n) is 12.2. The van der Waals surface area contributed by atoms with E-state index < -0.39 is 12.0 Å². The molecule has 0 aliphatic rings. The van der Waals surface area contributed by atoms with Crippen LogP contribution in [0.25, 0.3) is 0 Å². The van der Waals surface area contributed by atoms with E-state index in [1.54, 1.807) is 0 Å². The number of ether oxygens (including phenoxy) is 1. The maximum Gasteiger partial charge on any atom is 0.326 e. The molecule has 0 aliphatic carbocycles. The molecule has 0 aromatic rings. The van der Waals surface area contributed by atoms with E-state index in [0.717, 1.165) is 83.5 Å². The number of nitrogens with two attached hydrogens (primary N) is 1. The number of unbranched alkanes of at least 4 members (excludes halogenated alkanes) is 4. The van der Waals surface area contributed by atoms with Gasteiger partial charge in [-0.2, -0.15) is 0 Å². The Balaban J connectivity index is 4.38. The van der Waals surface area contributed by atoms with Crippen molar-refractivity contribution in [3.63, 3.8) is 0 Å². The van der Waals surface area contributed by atoms with Gasteiger partial charge in [0.1, 0.15) is 12.1 Å². The van der Waals surface area contributed by atoms with E-state index in [-0.39, 0.29) is 18.0 Å². The molecule has 280 valence electrons. The van der Waals surface area contributed by atoms with Crippen molar-refractivity contribution < 1.29 is 24.2 Å². The number of aliphatic carboxylic acids is 1. The lowest BCUT2D eigenvalue weighted by atomic mass is 10.1. The molecule has 7 nitrogen and oxygen atoms in total. The van der Waals surface area contributed by atoms with Gasteiger partial charge in [-0.25, -0.2) is 4.79 Å². The highest BCUT2D eigenvalue weighted by Crippen LogP contribution is 2.13. The zero-order valence-corrected chi connectivity index (χ0v) is 31.2. The minimum absolute atomic E-state index is 0.194. The van der Waals surface area contributed by atoms with Crippen molar-refractivity contribution in [3.05, 3.63) is 97.2 Å². The number of amides is 1. The van der Waals surface area contributed by atoms with E-state index in [4.69, 9.17) is 10.5 Å². The Morgan fingerprint density at radius 3 is 1.68 bits per heavy atom. The first-order valence-corrected chi connectivity index (χ1v) is 19.1. The minimum atomic E-state index is -1.03. The first kappa shape index (κ1) is 46.3. The molecule has 0 saturated heterocycles. The van der Waals surface area contributed by atoms with Gasteiger partial charge in [0.2, 0.25) is 5.91 Å². The Kier molecular flexibility index (Phi) is 33.9. The van der Waals surface area contributed by atoms with Gasteiger partial charge in [0.25, 0.3) is 0 Å². The predicted molar refractivity (Wildman–Crippen MR) is 211 cm³/mol. The molecule has 0 saturated carbocycles. The molecule has 0 aromatic carbocycles. The number of carbonyl (C=O) groups excluding carboxylic acids is 2. The molecule has 2 unspecified atom stereocenters. The third kappa shape index (κ3) is 32.8. The molecule has 50 heavy (non-hydrogen) atoms. The number of esters is 1. The summed E-state index contributed by atoms with van der Waals surface area (Å²) in [5.41, 5.74) is 5.46. The van der Waals surface area contributed by atoms with E-state index >= 15 is 0 Å². The van der Waals surface area contributed by atoms with Gasteiger partial charge in [-0.15, -0.1) is 0 Å². The molecule has 4 N–H and O–H groups in total. The SMILES string of the molecule is CC/C=C\C/C=C\C/C=C\C/C=C\C/C=C\C/C=C\CCC(=O)OC(/C=C\C/C=C\CCC)CCCCCCC(=O)NC(CCCN)C(=O)O. The Morgan fingerprint density at radius 1 is 0.620 bits per heavy atom. The number of carboxylic acid groups (broad SMARTS) is 1. The van der Waals surface area contributed by atoms with Gasteiger partial charge >= 0.3 is 11.9 Å². The van der Waals surface area contributed by atoms with Crippen LogP contribution in [0.4, 0.5) is 0 Å². The van der Waals surface area contributed by atoms with Crippen LogP contribution >= 0.6 is 0 Å². The number of rotatable bonds is 32. The summed E-state index contributed by atoms with van der Waals surface area (Å²) < 4.78 is 5.81. The number of hydrogen-bond donors (Lipinski definition) is 3. The number of hydrogen-bond acceptors (Lipinski definition) is 5. The van der Waals surface area contributed by atoms with Gasteiger partial charge in [-0.05, 0) is 103 Å². The largest absolute Gasteiger partial charge is 0.480 e. The van der Waals surface area contributed by atoms with Gasteiger partial charge in [0.15, 0.2) is 0 Å². The van der Waals surface area contributed by atoms with Crippen molar-refractivity contribution in [2.24, 2.45) is 5.73 Å². The summed E-state index contributed by atoms with van der Waals surface area (Å²) in [6, 6.07) is -0.885. The molecule has 0 bridgehead atoms. The van der Waals surface area contributed by atoms with Gasteiger partial charge in [-0.3, -0.25) is 9.59 Å². The molecular weight excluding hydrogens is 624 g/mol. The van der Waals surface area contributed by atoms with Crippen LogP contribution in [0.15, 0.2) is 97.2 Å². The molecule has 0 spiro atoms. The fraction of sp³-hybridized carbons (Fsp3) is 0.558. The van der Waals surface area contributed by atoms with E-state index in [1.165, 1.54) is 0 Å². The van der Waals surface area contributed by atoms with Crippen molar-refractivity contribution in [1.82, 2.24) is 5.32 Å². The highest BCUT2D eigenvalue weighted by atomic mass is 16.5. The maximum absolute atomic E-state index is 12.6. The molecule has 0 aromatic heterocycles. The molecule has 0 rings (SSSR count). The zero-order chi connectivity index (χ0) is 36.8. The van der Waals surface area contributed by atoms with Crippen molar-refractivity contribution in [2.45, 2.75) is 148 Å². The highest BCUT2D eigenvalue weighted by molar-refractivity contribution is 5.83. The summed E-state index contributed by atoms with van der Waals surface area (Å²) in [5, 5.41) is 11.9. The Morgan fingerprint density at radius 2 is 1.14 bits per heavy atom. The van der Waals surface area contributed by atoms with E-state index in [0.29, 0.717) is 45.1 Å². The second-order valence-corrected chi connectivity index (χ2v) is 12.2. The van der Waals surface area contributed by atoms with Crippen LogP contribution in [0.2, 0.25) is 0 Å². The summed E-state index contributed by atoms with van der Waals surface area (Å²) in [5.74, 6) is -1.47. The van der Waals surface area contributed by atoms with Crippen LogP contribution < -0.4 is 11.1 Å². The van der Waals surface area contributed by atoms with Crippen molar-refractivity contribution >= 4 is 17.8 Å². The number of carboxylic acids is 1. The summed E-state index contributed by atoms with van der Waals surface area (Å²) in [7, 11) is 0. The van der Waals surface area contributed by atoms with Crippen LogP contribution in [-0.4, -0.2) is 41.6 Å². The standard InChI is InChI=1S/C43H68N2O5/c1-3-5-7-9-11-12-13-14-15-16-17-18-19-20-21-22-23-25-31-37-42(47)50-39(33-28-24-10-8-6-4-2)34-29-26-27-30-36-41(46)45-40(43(48)49)35-32-38-44/h5,7-8,10-12,14-15,17-18,20-21,23,25,28,33,39-40H,3-4,6,9,13,16,19,22,24,26-27,29-32,34-38,44H2,1-2H3,(H,45,46)(H,48,49)/b7-5-,10-8-,12-11-,15-14-,18-17-,21-20-,25-23-,33-28-. The van der Waals surface area contributed by atoms with Crippen LogP contribution in [0.5, 0.6) is 0 Å². The number of carbonyl (C=O) groups is 3. The van der Waals surface area contributed by atoms with Crippen LogP contribution in [0, 0.1) is 0 Å². The Bertz CT molecular complexity index is 1100. The van der Waals surface area contributed by atoms with Crippen molar-refractivity contribution in [3.8, 4) is 0 Å². The molecule has 0 radical (unpaired) electrons. The first-order chi connectivity index (χ1) is 24.4. The fourth-order valence-corrected chi connectivity index (χ4v) is 4.78. The monoisotopic (exact) mass is 693 g/mol. The lowest BCUT2D eigenvalue weighted by Crippen LogP contribution is -2.40. The molecule has 0 fully saturated rings. The normalized spacial score (nSPS) is 13.8. The topological polar surface area (TPSA) is 119 Å². The summed E-state index contributed by atoms with van der Waals surface area (Å²) >= 11 is 0. The lowest BCUT2D eigenvalue weighted by Gasteiger charge is -2.15. The minimum Gasteiger partial charge on any atom is -0.480 e. The first-order valence-electron chi connectivity index (χ1n) is 19.1. The second kappa shape index (κ2) is 36.6. The van der Waals surface area contributed by atoms with E-state index in [2.05, 4.69) is 104 Å². The quantitative estimate of drug-likeness (QED) is 0.0367. The highest BCUT2D eigenvalue weighted by Gasteiger charge is 2.18. The maximum atomic E-state index is 12.6. The summed E-state index contributed by atoms with van der Waals surface area (Å²) in [6.45, 7) is 4.69. The third-order valence-corrected chi connectivity index (χ3v) is 7.61. The molecule has 7 heteroatoms. The van der Waals surface area contributed by atoms with Crippen molar-refractivity contribution in [2.75, 3.05) is 6.54 Å². The third-order valence-electron chi connectivity index (χ3n) is 7.61. The Labute approximate surface area is 304 Å². The molecule has 2 atom stereocenters. The Hall–Kier alpha value is -3.71. The van der Waals surface area contributed by atoms with Gasteiger partial charge in [0.05, 0.1) is 0 Å². The average molecular weight is 693 g/mol. The molecular formula is C43H68N2O5. The number of allylic oxidation sites excluding steroid dienone is 15. The van der Waals surface area contributed by atoms with Gasteiger partial charge in [-0.1, -0.05) is 124 Å². The van der Waals surface area contributed by atoms with Crippen molar-refractivity contribution in [1.29, 1.82) is 0 Å². The van der Waals surface area contributed by atoms with Gasteiger partial charge in [0, 0.05) is 12.8 Å². The molecule has 0 heterocycles. The van der Waals surface area contributed by atoms with Gasteiger partial charge < -0.3 is 20.9 Å². The predicted octanol–water partition coefficient (Wildman–Crippen LogP) is 10.3. The zero-order valence-electron chi connectivity index (χ0n) is 31.2. The lowest BCUT2D eigenvalue weighted by molar-refractivity contribution is -0.147. The van der Waals surface area contributed by atoms with Crippen LogP contribution in [-0.2, 0) is 19.1 Å². The summed E-state index contributed by atoms with van der Waals surface area (Å²) in [4.78, 5) is 36.1. The van der Waals surface area contributed by atoms with E-state index in [1.807, 2.05) is 12.2 Å². The van der Waals surface area contributed by atoms with Crippen LogP contribution in [0.3, 0.4) is 0 Å². The fourth-order valence-electron chi connectivity index (χ4n) is 4.78.